The lowest BCUT2D eigenvalue weighted by Gasteiger charge is -2.24. The molecule has 0 spiro atoms. The molecular weight excluding hydrogens is 432 g/mol. The molecule has 172 valence electrons. The second kappa shape index (κ2) is 9.11. The average Bonchev–Trinajstić information content (AvgIpc) is 3.36. The van der Waals surface area contributed by atoms with Gasteiger partial charge in [-0.05, 0) is 51.7 Å². The topological polar surface area (TPSA) is 52.2 Å². The third-order valence-electron chi connectivity index (χ3n) is 6.72. The van der Waals surface area contributed by atoms with Gasteiger partial charge in [0.1, 0.15) is 0 Å². The Hall–Kier alpha value is -4.38. The molecule has 0 unspecified atom stereocenters. The van der Waals surface area contributed by atoms with E-state index in [-0.39, 0.29) is 5.91 Å². The molecule has 35 heavy (non-hydrogen) atoms. The van der Waals surface area contributed by atoms with Crippen LogP contribution in [0.4, 0.5) is 5.69 Å². The van der Waals surface area contributed by atoms with Crippen LogP contribution in [0.1, 0.15) is 21.6 Å². The maximum absolute atomic E-state index is 13.7. The van der Waals surface area contributed by atoms with E-state index in [0.717, 1.165) is 45.4 Å². The van der Waals surface area contributed by atoms with Crippen LogP contribution >= 0.6 is 0 Å². The second-order valence-electron chi connectivity index (χ2n) is 8.98. The summed E-state index contributed by atoms with van der Waals surface area (Å²) in [5, 5.41) is 2.23. The standard InChI is InChI=1S/C30H26N4O/c35-30(26-11-10-23-8-4-5-9-24(23)16-26)34-15-14-33(20-28-18-31-21-32-28)29-13-12-25(17-27(29)19-34)22-6-2-1-3-7-22/h1-13,16-18,21H,14-15,19-20H2,(H,31,32). The molecule has 6 rings (SSSR count). The van der Waals surface area contributed by atoms with E-state index in [9.17, 15) is 4.79 Å². The summed E-state index contributed by atoms with van der Waals surface area (Å²) in [5.41, 5.74) is 6.34. The van der Waals surface area contributed by atoms with Crippen LogP contribution in [0.15, 0.2) is 104 Å². The fraction of sp³-hybridized carbons (Fsp3) is 0.133. The van der Waals surface area contributed by atoms with E-state index in [4.69, 9.17) is 0 Å². The highest BCUT2D eigenvalue weighted by atomic mass is 16.2. The van der Waals surface area contributed by atoms with Gasteiger partial charge >= 0.3 is 0 Å². The Labute approximate surface area is 204 Å². The van der Waals surface area contributed by atoms with Crippen molar-refractivity contribution in [3.63, 3.8) is 0 Å². The monoisotopic (exact) mass is 458 g/mol. The predicted octanol–water partition coefficient (Wildman–Crippen LogP) is 5.89. The van der Waals surface area contributed by atoms with Gasteiger partial charge in [-0.1, -0.05) is 66.7 Å². The first-order valence-electron chi connectivity index (χ1n) is 11.9. The number of aromatic amines is 1. The first-order chi connectivity index (χ1) is 17.2. The van der Waals surface area contributed by atoms with Crippen molar-refractivity contribution in [1.82, 2.24) is 14.9 Å². The van der Waals surface area contributed by atoms with Crippen LogP contribution in [0.2, 0.25) is 0 Å². The van der Waals surface area contributed by atoms with Crippen LogP contribution in [-0.4, -0.2) is 33.9 Å². The van der Waals surface area contributed by atoms with Gasteiger partial charge in [0.2, 0.25) is 0 Å². The first-order valence-corrected chi connectivity index (χ1v) is 11.9. The smallest absolute Gasteiger partial charge is 0.254 e. The van der Waals surface area contributed by atoms with Crippen molar-refractivity contribution in [1.29, 1.82) is 0 Å². The van der Waals surface area contributed by atoms with Crippen LogP contribution in [0.3, 0.4) is 0 Å². The quantitative estimate of drug-likeness (QED) is 0.365. The zero-order valence-electron chi connectivity index (χ0n) is 19.4. The second-order valence-corrected chi connectivity index (χ2v) is 8.98. The van der Waals surface area contributed by atoms with E-state index in [2.05, 4.69) is 69.5 Å². The van der Waals surface area contributed by atoms with Gasteiger partial charge in [0.15, 0.2) is 0 Å². The van der Waals surface area contributed by atoms with Crippen LogP contribution in [0, 0.1) is 0 Å². The first kappa shape index (κ1) is 21.2. The Morgan fingerprint density at radius 2 is 1.66 bits per heavy atom. The Bertz CT molecular complexity index is 1480. The van der Waals surface area contributed by atoms with Crippen molar-refractivity contribution in [2.24, 2.45) is 0 Å². The summed E-state index contributed by atoms with van der Waals surface area (Å²) < 4.78 is 0. The molecule has 1 amide bonds. The third kappa shape index (κ3) is 4.28. The molecule has 1 aliphatic heterocycles. The number of hydrogen-bond donors (Lipinski definition) is 1. The summed E-state index contributed by atoms with van der Waals surface area (Å²) in [6.07, 6.45) is 3.64. The number of nitrogens with one attached hydrogen (secondary N) is 1. The molecule has 0 saturated heterocycles. The highest BCUT2D eigenvalue weighted by molar-refractivity contribution is 5.98. The lowest BCUT2D eigenvalue weighted by atomic mass is 10.0. The molecule has 4 aromatic carbocycles. The van der Waals surface area contributed by atoms with Crippen molar-refractivity contribution in [2.45, 2.75) is 13.1 Å². The zero-order chi connectivity index (χ0) is 23.6. The van der Waals surface area contributed by atoms with Gasteiger partial charge in [-0.2, -0.15) is 0 Å². The predicted molar refractivity (Wildman–Crippen MR) is 140 cm³/mol. The third-order valence-corrected chi connectivity index (χ3v) is 6.72. The Morgan fingerprint density at radius 3 is 2.49 bits per heavy atom. The number of rotatable bonds is 4. The number of carbonyl (C=O) groups excluding carboxylic acids is 1. The fourth-order valence-corrected chi connectivity index (χ4v) is 4.89. The van der Waals surface area contributed by atoms with E-state index in [1.165, 1.54) is 5.56 Å². The molecule has 5 heteroatoms. The SMILES string of the molecule is O=C(c1ccc2ccccc2c1)N1CCN(Cc2c[nH]cn2)c2ccc(-c3ccccc3)cc2C1. The van der Waals surface area contributed by atoms with Gasteiger partial charge in [0.25, 0.3) is 5.91 Å². The molecular formula is C30H26N4O. The summed E-state index contributed by atoms with van der Waals surface area (Å²) in [7, 11) is 0. The van der Waals surface area contributed by atoms with Crippen molar-refractivity contribution in [3.05, 3.63) is 120 Å². The minimum atomic E-state index is 0.0634. The van der Waals surface area contributed by atoms with Gasteiger partial charge < -0.3 is 14.8 Å². The van der Waals surface area contributed by atoms with E-state index in [0.29, 0.717) is 19.6 Å². The van der Waals surface area contributed by atoms with E-state index >= 15 is 0 Å². The Morgan fingerprint density at radius 1 is 0.829 bits per heavy atom. The maximum Gasteiger partial charge on any atom is 0.254 e. The summed E-state index contributed by atoms with van der Waals surface area (Å²) in [4.78, 5) is 25.5. The summed E-state index contributed by atoms with van der Waals surface area (Å²) in [6.45, 7) is 2.65. The fourth-order valence-electron chi connectivity index (χ4n) is 4.89. The van der Waals surface area contributed by atoms with Crippen molar-refractivity contribution in [2.75, 3.05) is 18.0 Å². The number of H-pyrrole nitrogens is 1. The van der Waals surface area contributed by atoms with E-state index < -0.39 is 0 Å². The number of aromatic nitrogens is 2. The number of anilines is 1. The lowest BCUT2D eigenvalue weighted by molar-refractivity contribution is 0.0751. The van der Waals surface area contributed by atoms with Crippen LogP contribution in [0.5, 0.6) is 0 Å². The maximum atomic E-state index is 13.7. The Kier molecular flexibility index (Phi) is 5.51. The molecule has 0 bridgehead atoms. The zero-order valence-corrected chi connectivity index (χ0v) is 19.4. The summed E-state index contributed by atoms with van der Waals surface area (Å²) >= 11 is 0. The number of imidazole rings is 1. The molecule has 1 aromatic heterocycles. The normalized spacial score (nSPS) is 13.5. The molecule has 1 N–H and O–H groups in total. The van der Waals surface area contributed by atoms with Gasteiger partial charge in [-0.3, -0.25) is 4.79 Å². The van der Waals surface area contributed by atoms with Crippen LogP contribution < -0.4 is 4.90 Å². The Balaban J connectivity index is 1.36. The van der Waals surface area contributed by atoms with Gasteiger partial charge in [0.05, 0.1) is 18.6 Å². The molecule has 0 radical (unpaired) electrons. The summed E-state index contributed by atoms with van der Waals surface area (Å²) in [5.74, 6) is 0.0634. The van der Waals surface area contributed by atoms with Gasteiger partial charge in [-0.25, -0.2) is 4.98 Å². The number of amides is 1. The molecule has 0 atom stereocenters. The number of fused-ring (bicyclic) bond motifs is 2. The molecule has 2 heterocycles. The molecule has 0 fully saturated rings. The van der Waals surface area contributed by atoms with Crippen LogP contribution in [-0.2, 0) is 13.1 Å². The minimum Gasteiger partial charge on any atom is -0.364 e. The van der Waals surface area contributed by atoms with Crippen molar-refractivity contribution < 1.29 is 4.79 Å². The van der Waals surface area contributed by atoms with E-state index in [1.54, 1.807) is 6.33 Å². The average molecular weight is 459 g/mol. The van der Waals surface area contributed by atoms with Crippen LogP contribution in [0.25, 0.3) is 21.9 Å². The highest BCUT2D eigenvalue weighted by Gasteiger charge is 2.25. The molecule has 5 aromatic rings. The number of nitrogens with zero attached hydrogens (tertiary/aromatic N) is 3. The highest BCUT2D eigenvalue weighted by Crippen LogP contribution is 2.32. The lowest BCUT2D eigenvalue weighted by Crippen LogP contribution is -2.35. The van der Waals surface area contributed by atoms with E-state index in [1.807, 2.05) is 47.5 Å². The number of hydrogen-bond acceptors (Lipinski definition) is 3. The molecule has 0 aliphatic carbocycles. The van der Waals surface area contributed by atoms with Gasteiger partial charge in [0, 0.05) is 37.1 Å². The van der Waals surface area contributed by atoms with Crippen molar-refractivity contribution >= 4 is 22.4 Å². The van der Waals surface area contributed by atoms with Gasteiger partial charge in [-0.15, -0.1) is 0 Å². The molecule has 0 saturated carbocycles. The number of benzene rings is 4. The summed E-state index contributed by atoms with van der Waals surface area (Å²) in [6, 6.07) is 31.1. The van der Waals surface area contributed by atoms with Crippen molar-refractivity contribution in [3.8, 4) is 11.1 Å². The molecule has 1 aliphatic rings. The molecule has 5 nitrogen and oxygen atoms in total. The minimum absolute atomic E-state index is 0.0634. The largest absolute Gasteiger partial charge is 0.364 e. The number of carbonyl (C=O) groups is 1.